The fraction of sp³-hybridized carbons (Fsp3) is 0.885. The normalized spacial score (nSPS) is 48.9. The third-order valence-corrected chi connectivity index (χ3v) is 10.1. The zero-order valence-electron chi connectivity index (χ0n) is 18.8. The number of ketones is 1. The summed E-state index contributed by atoms with van der Waals surface area (Å²) in [6.45, 7) is 11.5. The minimum Gasteiger partial charge on any atom is -0.389 e. The lowest BCUT2D eigenvalue weighted by molar-refractivity contribution is -0.117. The Bertz CT molecular complexity index is 651. The molecule has 2 nitrogen and oxygen atoms in total. The first-order chi connectivity index (χ1) is 13.2. The van der Waals surface area contributed by atoms with E-state index in [1.165, 1.54) is 44.9 Å². The summed E-state index contributed by atoms with van der Waals surface area (Å²) in [5, 5.41) is 11.3. The molecule has 4 rings (SSSR count). The Labute approximate surface area is 172 Å². The van der Waals surface area contributed by atoms with Gasteiger partial charge < -0.3 is 9.90 Å². The molecule has 1 N–H and O–H groups in total. The summed E-state index contributed by atoms with van der Waals surface area (Å²) >= 11 is 0. The highest BCUT2D eigenvalue weighted by atomic mass is 16.3. The summed E-state index contributed by atoms with van der Waals surface area (Å²) in [5.74, 6) is 4.21. The third-order valence-electron chi connectivity index (χ3n) is 10.1. The van der Waals surface area contributed by atoms with Crippen LogP contribution in [0.5, 0.6) is 0 Å². The summed E-state index contributed by atoms with van der Waals surface area (Å²) in [4.78, 5) is 11.5. The van der Waals surface area contributed by atoms with Crippen molar-refractivity contribution in [3.05, 3.63) is 11.6 Å². The van der Waals surface area contributed by atoms with E-state index in [1.54, 1.807) is 12.5 Å². The maximum Gasteiger partial charge on any atom is 0.129 e. The first-order valence-electron chi connectivity index (χ1n) is 12.1. The Hall–Kier alpha value is -0.630. The van der Waals surface area contributed by atoms with Crippen molar-refractivity contribution in [1.29, 1.82) is 0 Å². The summed E-state index contributed by atoms with van der Waals surface area (Å²) < 4.78 is 0. The number of hydrogen-bond donors (Lipinski definition) is 1. The van der Waals surface area contributed by atoms with Crippen LogP contribution < -0.4 is 0 Å². The van der Waals surface area contributed by atoms with Crippen molar-refractivity contribution in [2.75, 3.05) is 0 Å². The molecule has 0 amide bonds. The minimum atomic E-state index is -0.241. The molecule has 9 atom stereocenters. The molecule has 0 aromatic carbocycles. The van der Waals surface area contributed by atoms with Gasteiger partial charge in [-0.05, 0) is 105 Å². The Kier molecular flexibility index (Phi) is 5.35. The van der Waals surface area contributed by atoms with Crippen LogP contribution in [0, 0.1) is 46.3 Å². The molecular weight excluding hydrogens is 344 g/mol. The number of allylic oxidation sites excluding steroid dienone is 1. The fourth-order valence-corrected chi connectivity index (χ4v) is 8.44. The molecule has 0 radical (unpaired) electrons. The molecule has 0 aromatic heterocycles. The molecule has 0 spiro atoms. The van der Waals surface area contributed by atoms with Crippen LogP contribution in [-0.2, 0) is 4.79 Å². The zero-order valence-corrected chi connectivity index (χ0v) is 18.8. The second-order valence-electron chi connectivity index (χ2n) is 11.7. The van der Waals surface area contributed by atoms with E-state index < -0.39 is 0 Å². The van der Waals surface area contributed by atoms with Crippen LogP contribution in [-0.4, -0.2) is 17.0 Å². The second kappa shape index (κ2) is 7.25. The van der Waals surface area contributed by atoms with Gasteiger partial charge in [0.15, 0.2) is 0 Å². The van der Waals surface area contributed by atoms with Gasteiger partial charge in [-0.2, -0.15) is 0 Å². The smallest absolute Gasteiger partial charge is 0.129 e. The molecule has 4 unspecified atom stereocenters. The number of hydrogen-bond acceptors (Lipinski definition) is 2. The van der Waals surface area contributed by atoms with Crippen molar-refractivity contribution in [3.63, 3.8) is 0 Å². The maximum absolute atomic E-state index is 11.5. The molecule has 3 fully saturated rings. The first kappa shape index (κ1) is 20.6. The molecule has 158 valence electrons. The highest BCUT2D eigenvalue weighted by molar-refractivity contribution is 5.75. The van der Waals surface area contributed by atoms with Crippen molar-refractivity contribution in [3.8, 4) is 0 Å². The number of carbonyl (C=O) groups is 1. The maximum atomic E-state index is 11.5. The van der Waals surface area contributed by atoms with Gasteiger partial charge in [-0.3, -0.25) is 0 Å². The van der Waals surface area contributed by atoms with Gasteiger partial charge in [0.05, 0.1) is 6.10 Å². The highest BCUT2D eigenvalue weighted by Crippen LogP contribution is 2.67. The van der Waals surface area contributed by atoms with Crippen molar-refractivity contribution >= 4 is 5.78 Å². The molecule has 28 heavy (non-hydrogen) atoms. The van der Waals surface area contributed by atoms with E-state index in [0.29, 0.717) is 40.3 Å². The van der Waals surface area contributed by atoms with Crippen LogP contribution in [0.25, 0.3) is 0 Å². The van der Waals surface area contributed by atoms with Gasteiger partial charge >= 0.3 is 0 Å². The number of Topliss-reactive ketones (excluding diaryl/α,β-unsaturated/α-hetero) is 1. The van der Waals surface area contributed by atoms with E-state index in [-0.39, 0.29) is 6.10 Å². The standard InChI is InChI=1S/C26H42O2/c1-16-10-12-25(4)19(14-16)15-23(28)24-21-9-8-20(17(2)6-7-18(3)27)26(21,5)13-11-22(24)25/h15-17,20-24,28H,6-14H2,1-5H3/t16-,17-,20-,21?,22?,23?,24?,25+,26-/m1/s1. The Morgan fingerprint density at radius 3 is 2.64 bits per heavy atom. The van der Waals surface area contributed by atoms with Gasteiger partial charge in [0, 0.05) is 6.42 Å². The van der Waals surface area contributed by atoms with Gasteiger partial charge in [-0.25, -0.2) is 0 Å². The molecule has 0 bridgehead atoms. The third kappa shape index (κ3) is 3.13. The lowest BCUT2D eigenvalue weighted by atomic mass is 9.46. The Balaban J connectivity index is 1.59. The fourth-order valence-electron chi connectivity index (χ4n) is 8.44. The lowest BCUT2D eigenvalue weighted by Gasteiger charge is -2.59. The molecule has 0 heterocycles. The molecule has 0 aromatic rings. The van der Waals surface area contributed by atoms with E-state index in [0.717, 1.165) is 24.7 Å². The average Bonchev–Trinajstić information content (AvgIpc) is 2.98. The molecule has 0 aliphatic heterocycles. The molecule has 4 aliphatic rings. The van der Waals surface area contributed by atoms with Crippen LogP contribution in [0.4, 0.5) is 0 Å². The Morgan fingerprint density at radius 1 is 1.18 bits per heavy atom. The van der Waals surface area contributed by atoms with Crippen LogP contribution >= 0.6 is 0 Å². The molecule has 2 heteroatoms. The number of carbonyl (C=O) groups excluding carboxylic acids is 1. The summed E-state index contributed by atoms with van der Waals surface area (Å²) in [6.07, 6.45) is 12.9. The van der Waals surface area contributed by atoms with Crippen molar-refractivity contribution in [2.24, 2.45) is 46.3 Å². The Morgan fingerprint density at radius 2 is 1.93 bits per heavy atom. The molecule has 4 aliphatic carbocycles. The van der Waals surface area contributed by atoms with Crippen LogP contribution in [0.1, 0.15) is 92.4 Å². The summed E-state index contributed by atoms with van der Waals surface area (Å²) in [5.41, 5.74) is 2.26. The number of fused-ring (bicyclic) bond motifs is 5. The average molecular weight is 387 g/mol. The van der Waals surface area contributed by atoms with Crippen LogP contribution in [0.3, 0.4) is 0 Å². The van der Waals surface area contributed by atoms with E-state index in [4.69, 9.17) is 0 Å². The summed E-state index contributed by atoms with van der Waals surface area (Å²) in [7, 11) is 0. The van der Waals surface area contributed by atoms with E-state index in [9.17, 15) is 9.90 Å². The minimum absolute atomic E-state index is 0.241. The number of aliphatic hydroxyl groups is 1. The molecule has 0 saturated heterocycles. The topological polar surface area (TPSA) is 37.3 Å². The van der Waals surface area contributed by atoms with E-state index in [1.807, 2.05) is 0 Å². The van der Waals surface area contributed by atoms with E-state index in [2.05, 4.69) is 33.8 Å². The predicted octanol–water partition coefficient (Wildman–Crippen LogP) is 6.18. The van der Waals surface area contributed by atoms with E-state index >= 15 is 0 Å². The number of aliphatic hydroxyl groups excluding tert-OH is 1. The van der Waals surface area contributed by atoms with Gasteiger partial charge in [-0.15, -0.1) is 0 Å². The van der Waals surface area contributed by atoms with Gasteiger partial charge in [0.1, 0.15) is 5.78 Å². The second-order valence-corrected chi connectivity index (χ2v) is 11.7. The van der Waals surface area contributed by atoms with Crippen molar-refractivity contribution in [2.45, 2.75) is 98.5 Å². The van der Waals surface area contributed by atoms with Crippen LogP contribution in [0.15, 0.2) is 11.6 Å². The van der Waals surface area contributed by atoms with Gasteiger partial charge in [-0.1, -0.05) is 39.3 Å². The van der Waals surface area contributed by atoms with Crippen LogP contribution in [0.2, 0.25) is 0 Å². The largest absolute Gasteiger partial charge is 0.389 e. The van der Waals surface area contributed by atoms with Crippen molar-refractivity contribution < 1.29 is 9.90 Å². The SMILES string of the molecule is CC(=O)CC[C@@H](C)[C@H]1CCC2C3C(O)C=C4C[C@H](C)CC[C@]4(C)C3CC[C@@]21C. The van der Waals surface area contributed by atoms with Crippen molar-refractivity contribution in [1.82, 2.24) is 0 Å². The lowest BCUT2D eigenvalue weighted by Crippen LogP contribution is -2.54. The summed E-state index contributed by atoms with van der Waals surface area (Å²) in [6, 6.07) is 0. The predicted molar refractivity (Wildman–Crippen MR) is 115 cm³/mol. The monoisotopic (exact) mass is 386 g/mol. The molecular formula is C26H42O2. The quantitative estimate of drug-likeness (QED) is 0.586. The van der Waals surface area contributed by atoms with Gasteiger partial charge in [0.2, 0.25) is 0 Å². The first-order valence-corrected chi connectivity index (χ1v) is 12.1. The number of rotatable bonds is 4. The zero-order chi connectivity index (χ0) is 20.3. The molecule has 3 saturated carbocycles. The van der Waals surface area contributed by atoms with Gasteiger partial charge in [0.25, 0.3) is 0 Å². The highest BCUT2D eigenvalue weighted by Gasteiger charge is 2.60.